The van der Waals surface area contributed by atoms with Crippen LogP contribution in [-0.2, 0) is 16.0 Å². The molecule has 7 heteroatoms. The van der Waals surface area contributed by atoms with Crippen molar-refractivity contribution in [3.63, 3.8) is 0 Å². The summed E-state index contributed by atoms with van der Waals surface area (Å²) in [6, 6.07) is 17.2. The Morgan fingerprint density at radius 2 is 1.85 bits per heavy atom. The highest BCUT2D eigenvalue weighted by Gasteiger charge is 2.20. The first-order chi connectivity index (χ1) is 16.4. The van der Waals surface area contributed by atoms with Gasteiger partial charge in [0.25, 0.3) is 5.91 Å². The lowest BCUT2D eigenvalue weighted by Gasteiger charge is -2.13. The van der Waals surface area contributed by atoms with Crippen molar-refractivity contribution in [1.82, 2.24) is 14.8 Å². The monoisotopic (exact) mass is 456 g/mol. The molecule has 0 saturated heterocycles. The van der Waals surface area contributed by atoms with Crippen LogP contribution in [-0.4, -0.2) is 33.2 Å². The highest BCUT2D eigenvalue weighted by molar-refractivity contribution is 6.05. The number of nitrogens with zero attached hydrogens (tertiary/aromatic N) is 3. The van der Waals surface area contributed by atoms with Crippen LogP contribution in [0.1, 0.15) is 48.3 Å². The maximum absolute atomic E-state index is 13.1. The summed E-state index contributed by atoms with van der Waals surface area (Å²) in [7, 11) is 0. The fourth-order valence-corrected chi connectivity index (χ4v) is 3.91. The summed E-state index contributed by atoms with van der Waals surface area (Å²) in [5.41, 5.74) is 5.20. The SMILES string of the molecule is CCc1cccc(C)c1NC(=O)COC(=O)c1cc(-c2ccccc2)nc2c1cnn2C(C)C. The van der Waals surface area contributed by atoms with Crippen LogP contribution in [0.15, 0.2) is 60.8 Å². The molecule has 0 radical (unpaired) electrons. The number of esters is 1. The zero-order valence-electron chi connectivity index (χ0n) is 19.8. The number of aryl methyl sites for hydroxylation is 2. The van der Waals surface area contributed by atoms with Gasteiger partial charge in [0.2, 0.25) is 0 Å². The largest absolute Gasteiger partial charge is 0.452 e. The van der Waals surface area contributed by atoms with Crippen molar-refractivity contribution in [2.24, 2.45) is 0 Å². The second kappa shape index (κ2) is 9.87. The van der Waals surface area contributed by atoms with E-state index in [2.05, 4.69) is 10.4 Å². The van der Waals surface area contributed by atoms with Crippen LogP contribution >= 0.6 is 0 Å². The van der Waals surface area contributed by atoms with E-state index in [1.165, 1.54) is 0 Å². The first-order valence-electron chi connectivity index (χ1n) is 11.4. The smallest absolute Gasteiger partial charge is 0.339 e. The van der Waals surface area contributed by atoms with Gasteiger partial charge >= 0.3 is 5.97 Å². The molecule has 0 aliphatic rings. The molecule has 2 aromatic heterocycles. The number of carbonyl (C=O) groups excluding carboxylic acids is 2. The summed E-state index contributed by atoms with van der Waals surface area (Å²) in [6.07, 6.45) is 2.41. The molecular weight excluding hydrogens is 428 g/mol. The number of aromatic nitrogens is 3. The summed E-state index contributed by atoms with van der Waals surface area (Å²) < 4.78 is 7.20. The third kappa shape index (κ3) is 4.69. The summed E-state index contributed by atoms with van der Waals surface area (Å²) in [6.45, 7) is 7.58. The number of amides is 1. The third-order valence-electron chi connectivity index (χ3n) is 5.68. The molecule has 7 nitrogen and oxygen atoms in total. The average Bonchev–Trinajstić information content (AvgIpc) is 3.28. The number of nitrogens with one attached hydrogen (secondary N) is 1. The van der Waals surface area contributed by atoms with Gasteiger partial charge in [0.05, 0.1) is 22.8 Å². The van der Waals surface area contributed by atoms with Gasteiger partial charge in [-0.1, -0.05) is 55.5 Å². The number of pyridine rings is 1. The van der Waals surface area contributed by atoms with Gasteiger partial charge in [0.1, 0.15) is 0 Å². The third-order valence-corrected chi connectivity index (χ3v) is 5.68. The molecular formula is C27H28N4O3. The molecule has 1 N–H and O–H groups in total. The molecule has 34 heavy (non-hydrogen) atoms. The molecule has 0 unspecified atom stereocenters. The van der Waals surface area contributed by atoms with E-state index in [1.807, 2.05) is 76.2 Å². The second-order valence-corrected chi connectivity index (χ2v) is 8.43. The number of ether oxygens (including phenoxy) is 1. The van der Waals surface area contributed by atoms with Gasteiger partial charge in [0.15, 0.2) is 12.3 Å². The quantitative estimate of drug-likeness (QED) is 0.379. The fourth-order valence-electron chi connectivity index (χ4n) is 3.91. The number of carbonyl (C=O) groups is 2. The van der Waals surface area contributed by atoms with Gasteiger partial charge in [0, 0.05) is 17.3 Å². The van der Waals surface area contributed by atoms with E-state index in [-0.39, 0.29) is 18.6 Å². The lowest BCUT2D eigenvalue weighted by Crippen LogP contribution is -2.22. The van der Waals surface area contributed by atoms with E-state index in [9.17, 15) is 9.59 Å². The number of hydrogen-bond donors (Lipinski definition) is 1. The van der Waals surface area contributed by atoms with Crippen LogP contribution in [0.2, 0.25) is 0 Å². The van der Waals surface area contributed by atoms with E-state index in [1.54, 1.807) is 16.9 Å². The molecule has 1 amide bonds. The Bertz CT molecular complexity index is 1340. The highest BCUT2D eigenvalue weighted by atomic mass is 16.5. The Balaban J connectivity index is 1.60. The second-order valence-electron chi connectivity index (χ2n) is 8.43. The predicted molar refractivity (Wildman–Crippen MR) is 133 cm³/mol. The molecule has 0 atom stereocenters. The summed E-state index contributed by atoms with van der Waals surface area (Å²) in [4.78, 5) is 30.5. The van der Waals surface area contributed by atoms with Crippen LogP contribution < -0.4 is 5.32 Å². The molecule has 2 aromatic carbocycles. The maximum atomic E-state index is 13.1. The molecule has 0 bridgehead atoms. The highest BCUT2D eigenvalue weighted by Crippen LogP contribution is 2.27. The number of benzene rings is 2. The van der Waals surface area contributed by atoms with Gasteiger partial charge in [-0.25, -0.2) is 14.5 Å². The number of rotatable bonds is 7. The van der Waals surface area contributed by atoms with Crippen molar-refractivity contribution >= 4 is 28.6 Å². The topological polar surface area (TPSA) is 86.1 Å². The minimum absolute atomic E-state index is 0.0625. The van der Waals surface area contributed by atoms with Crippen molar-refractivity contribution in [3.8, 4) is 11.3 Å². The maximum Gasteiger partial charge on any atom is 0.339 e. The van der Waals surface area contributed by atoms with Gasteiger partial charge < -0.3 is 10.1 Å². The first-order valence-corrected chi connectivity index (χ1v) is 11.4. The van der Waals surface area contributed by atoms with Gasteiger partial charge in [-0.15, -0.1) is 0 Å². The summed E-state index contributed by atoms with van der Waals surface area (Å²) in [5, 5.41) is 7.89. The molecule has 0 fully saturated rings. The molecule has 0 aliphatic carbocycles. The van der Waals surface area contributed by atoms with Crippen LogP contribution in [0.3, 0.4) is 0 Å². The summed E-state index contributed by atoms with van der Waals surface area (Å²) >= 11 is 0. The lowest BCUT2D eigenvalue weighted by molar-refractivity contribution is -0.119. The van der Waals surface area contributed by atoms with Crippen molar-refractivity contribution in [3.05, 3.63) is 77.5 Å². The standard InChI is InChI=1S/C27H28N4O3/c1-5-19-13-9-10-18(4)25(19)30-24(32)16-34-27(33)21-14-23(20-11-7-6-8-12-20)29-26-22(21)15-28-31(26)17(2)3/h6-15,17H,5,16H2,1-4H3,(H,30,32). The number of hydrogen-bond acceptors (Lipinski definition) is 5. The van der Waals surface area contributed by atoms with Crippen molar-refractivity contribution < 1.29 is 14.3 Å². The minimum atomic E-state index is -0.594. The summed E-state index contributed by atoms with van der Waals surface area (Å²) in [5.74, 6) is -0.979. The van der Waals surface area contributed by atoms with Crippen LogP contribution in [0.25, 0.3) is 22.3 Å². The number of anilines is 1. The van der Waals surface area contributed by atoms with Gasteiger partial charge in [-0.05, 0) is 44.4 Å². The van der Waals surface area contributed by atoms with Crippen molar-refractivity contribution in [1.29, 1.82) is 0 Å². The molecule has 4 aromatic rings. The lowest BCUT2D eigenvalue weighted by atomic mass is 10.1. The van der Waals surface area contributed by atoms with E-state index >= 15 is 0 Å². The molecule has 0 aliphatic heterocycles. The van der Waals surface area contributed by atoms with Crippen molar-refractivity contribution in [2.75, 3.05) is 11.9 Å². The minimum Gasteiger partial charge on any atom is -0.452 e. The molecule has 174 valence electrons. The van der Waals surface area contributed by atoms with Crippen molar-refractivity contribution in [2.45, 2.75) is 40.2 Å². The van der Waals surface area contributed by atoms with Gasteiger partial charge in [-0.2, -0.15) is 5.10 Å². The molecule has 0 saturated carbocycles. The van der Waals surface area contributed by atoms with Crippen LogP contribution in [0, 0.1) is 6.92 Å². The predicted octanol–water partition coefficient (Wildman–Crippen LogP) is 5.35. The first kappa shape index (κ1) is 23.2. The Labute approximate surface area is 198 Å². The fraction of sp³-hybridized carbons (Fsp3) is 0.259. The van der Waals surface area contributed by atoms with E-state index in [0.29, 0.717) is 22.3 Å². The Hall–Kier alpha value is -4.00. The Morgan fingerprint density at radius 1 is 1.09 bits per heavy atom. The zero-order valence-corrected chi connectivity index (χ0v) is 19.8. The van der Waals surface area contributed by atoms with Crippen LogP contribution in [0.4, 0.5) is 5.69 Å². The number of fused-ring (bicyclic) bond motifs is 1. The molecule has 4 rings (SSSR count). The number of para-hydroxylation sites is 1. The normalized spacial score (nSPS) is 11.1. The van der Waals surface area contributed by atoms with Gasteiger partial charge in [-0.3, -0.25) is 4.79 Å². The Kier molecular flexibility index (Phi) is 6.72. The Morgan fingerprint density at radius 3 is 2.56 bits per heavy atom. The molecule has 2 heterocycles. The van der Waals surface area contributed by atoms with E-state index < -0.39 is 5.97 Å². The van der Waals surface area contributed by atoms with E-state index in [0.717, 1.165) is 28.8 Å². The van der Waals surface area contributed by atoms with Crippen LogP contribution in [0.5, 0.6) is 0 Å². The zero-order chi connectivity index (χ0) is 24.2. The van der Waals surface area contributed by atoms with E-state index in [4.69, 9.17) is 9.72 Å². The average molecular weight is 457 g/mol. The molecule has 0 spiro atoms.